The lowest BCUT2D eigenvalue weighted by Crippen LogP contribution is -2.42. The summed E-state index contributed by atoms with van der Waals surface area (Å²) in [6, 6.07) is 8.31. The van der Waals surface area contributed by atoms with Gasteiger partial charge in [0, 0.05) is 30.9 Å². The van der Waals surface area contributed by atoms with Gasteiger partial charge in [-0.2, -0.15) is 10.1 Å². The van der Waals surface area contributed by atoms with E-state index in [1.54, 1.807) is 30.5 Å². The first kappa shape index (κ1) is 18.2. The van der Waals surface area contributed by atoms with Crippen molar-refractivity contribution >= 4 is 17.6 Å². The molecule has 0 saturated carbocycles. The highest BCUT2D eigenvalue weighted by atomic mass is 19.1. The average Bonchev–Trinajstić information content (AvgIpc) is 3.16. The lowest BCUT2D eigenvalue weighted by molar-refractivity contribution is 0.0526. The summed E-state index contributed by atoms with van der Waals surface area (Å²) in [5.41, 5.74) is 1.35. The molecule has 1 unspecified atom stereocenters. The van der Waals surface area contributed by atoms with Crippen LogP contribution in [-0.2, 0) is 4.74 Å². The molecule has 1 aromatic carbocycles. The summed E-state index contributed by atoms with van der Waals surface area (Å²) in [7, 11) is 1.43. The molecule has 0 spiro atoms. The predicted molar refractivity (Wildman–Crippen MR) is 103 cm³/mol. The van der Waals surface area contributed by atoms with Crippen molar-refractivity contribution in [2.24, 2.45) is 0 Å². The van der Waals surface area contributed by atoms with Gasteiger partial charge >= 0.3 is 0 Å². The zero-order valence-electron chi connectivity index (χ0n) is 15.6. The number of halogens is 1. The Hall–Kier alpha value is -3.20. The molecule has 1 fully saturated rings. The molecular weight excluding hydrogens is 363 g/mol. The van der Waals surface area contributed by atoms with E-state index >= 15 is 0 Å². The van der Waals surface area contributed by atoms with Crippen LogP contribution in [0.2, 0.25) is 0 Å². The molecule has 9 heteroatoms. The standard InChI is InChI=1S/C19H21FN6O2/c1-12-11-26(7-8-28-12)19-21-6-5-17(23-19)22-18-10-15(24-25-18)13-3-4-16(27-2)14(20)9-13/h3-6,9-10,12H,7-8,11H2,1-2H3,(H2,21,22,23,24,25). The van der Waals surface area contributed by atoms with Crippen molar-refractivity contribution in [2.75, 3.05) is 37.0 Å². The predicted octanol–water partition coefficient (Wildman–Crippen LogP) is 2.98. The van der Waals surface area contributed by atoms with Gasteiger partial charge in [-0.3, -0.25) is 5.10 Å². The topological polar surface area (TPSA) is 88.2 Å². The fourth-order valence-electron chi connectivity index (χ4n) is 3.07. The molecule has 0 amide bonds. The van der Waals surface area contributed by atoms with E-state index in [2.05, 4.69) is 30.4 Å². The molecular formula is C19H21FN6O2. The molecule has 1 saturated heterocycles. The maximum absolute atomic E-state index is 13.9. The number of benzene rings is 1. The van der Waals surface area contributed by atoms with Crippen molar-refractivity contribution in [3.8, 4) is 17.0 Å². The molecule has 1 aliphatic rings. The normalized spacial score (nSPS) is 16.8. The molecule has 2 N–H and O–H groups in total. The lowest BCUT2D eigenvalue weighted by Gasteiger charge is -2.31. The Morgan fingerprint density at radius 3 is 2.96 bits per heavy atom. The maximum atomic E-state index is 13.9. The number of nitrogens with one attached hydrogen (secondary N) is 2. The highest BCUT2D eigenvalue weighted by Gasteiger charge is 2.19. The number of methoxy groups -OCH3 is 1. The highest BCUT2D eigenvalue weighted by molar-refractivity contribution is 5.66. The summed E-state index contributed by atoms with van der Waals surface area (Å²) in [6.45, 7) is 4.19. The van der Waals surface area contributed by atoms with Crippen molar-refractivity contribution in [1.82, 2.24) is 20.2 Å². The lowest BCUT2D eigenvalue weighted by atomic mass is 10.1. The van der Waals surface area contributed by atoms with Crippen molar-refractivity contribution in [3.63, 3.8) is 0 Å². The van der Waals surface area contributed by atoms with Crippen molar-refractivity contribution in [1.29, 1.82) is 0 Å². The summed E-state index contributed by atoms with van der Waals surface area (Å²) in [5.74, 6) is 1.62. The largest absolute Gasteiger partial charge is 0.494 e. The molecule has 1 atom stereocenters. The van der Waals surface area contributed by atoms with Gasteiger partial charge in [-0.25, -0.2) is 9.37 Å². The number of nitrogens with zero attached hydrogens (tertiary/aromatic N) is 4. The Morgan fingerprint density at radius 1 is 1.29 bits per heavy atom. The van der Waals surface area contributed by atoms with Crippen LogP contribution in [0.15, 0.2) is 36.5 Å². The van der Waals surface area contributed by atoms with Gasteiger partial charge in [-0.15, -0.1) is 0 Å². The minimum absolute atomic E-state index is 0.146. The molecule has 4 rings (SSSR count). The van der Waals surface area contributed by atoms with Gasteiger partial charge in [0.15, 0.2) is 17.4 Å². The number of hydrogen-bond donors (Lipinski definition) is 2. The van der Waals surface area contributed by atoms with Crippen LogP contribution in [0.4, 0.5) is 22.0 Å². The van der Waals surface area contributed by atoms with E-state index in [9.17, 15) is 4.39 Å². The summed E-state index contributed by atoms with van der Waals surface area (Å²) < 4.78 is 24.4. The first-order valence-corrected chi connectivity index (χ1v) is 8.98. The Balaban J connectivity index is 1.50. The molecule has 28 heavy (non-hydrogen) atoms. The number of morpholine rings is 1. The van der Waals surface area contributed by atoms with Crippen molar-refractivity contribution in [2.45, 2.75) is 13.0 Å². The quantitative estimate of drug-likeness (QED) is 0.699. The van der Waals surface area contributed by atoms with E-state index < -0.39 is 5.82 Å². The summed E-state index contributed by atoms with van der Waals surface area (Å²) >= 11 is 0. The zero-order valence-corrected chi connectivity index (χ0v) is 15.6. The van der Waals surface area contributed by atoms with Crippen molar-refractivity contribution in [3.05, 3.63) is 42.3 Å². The minimum atomic E-state index is -0.427. The molecule has 3 aromatic rings. The van der Waals surface area contributed by atoms with Crippen LogP contribution in [0.5, 0.6) is 5.75 Å². The molecule has 0 radical (unpaired) electrons. The van der Waals surface area contributed by atoms with Crippen LogP contribution in [0.3, 0.4) is 0 Å². The number of anilines is 3. The van der Waals surface area contributed by atoms with Gasteiger partial charge in [0.25, 0.3) is 0 Å². The van der Waals surface area contributed by atoms with Gasteiger partial charge < -0.3 is 19.7 Å². The third-order valence-corrected chi connectivity index (χ3v) is 4.46. The van der Waals surface area contributed by atoms with Gasteiger partial charge in [-0.1, -0.05) is 0 Å². The van der Waals surface area contributed by atoms with Crippen LogP contribution >= 0.6 is 0 Å². The molecule has 2 aromatic heterocycles. The summed E-state index contributed by atoms with van der Waals surface area (Å²) in [4.78, 5) is 11.0. The van der Waals surface area contributed by atoms with Gasteiger partial charge in [0.1, 0.15) is 5.82 Å². The molecule has 0 bridgehead atoms. The van der Waals surface area contributed by atoms with Crippen LogP contribution < -0.4 is 15.0 Å². The first-order valence-electron chi connectivity index (χ1n) is 8.98. The molecule has 146 valence electrons. The zero-order chi connectivity index (χ0) is 19.5. The van der Waals surface area contributed by atoms with Crippen LogP contribution in [0, 0.1) is 5.82 Å². The maximum Gasteiger partial charge on any atom is 0.227 e. The Morgan fingerprint density at radius 2 is 2.18 bits per heavy atom. The number of aromatic nitrogens is 4. The van der Waals surface area contributed by atoms with Gasteiger partial charge in [0.2, 0.25) is 5.95 Å². The van der Waals surface area contributed by atoms with Crippen LogP contribution in [0.1, 0.15) is 6.92 Å². The Labute approximate surface area is 161 Å². The van der Waals surface area contributed by atoms with Gasteiger partial charge in [-0.05, 0) is 31.2 Å². The SMILES string of the molecule is COc1ccc(-c2cc(Nc3ccnc(N4CCOC(C)C4)n3)n[nH]2)cc1F. The van der Waals surface area contributed by atoms with Crippen molar-refractivity contribution < 1.29 is 13.9 Å². The highest BCUT2D eigenvalue weighted by Crippen LogP contribution is 2.26. The minimum Gasteiger partial charge on any atom is -0.494 e. The molecule has 8 nitrogen and oxygen atoms in total. The smallest absolute Gasteiger partial charge is 0.227 e. The fourth-order valence-corrected chi connectivity index (χ4v) is 3.07. The van der Waals surface area contributed by atoms with E-state index in [0.717, 1.165) is 13.1 Å². The third-order valence-electron chi connectivity index (χ3n) is 4.46. The second-order valence-electron chi connectivity index (χ2n) is 6.51. The first-order chi connectivity index (χ1) is 13.6. The van der Waals surface area contributed by atoms with E-state index in [-0.39, 0.29) is 11.9 Å². The van der Waals surface area contributed by atoms with E-state index in [0.29, 0.717) is 35.4 Å². The molecule has 1 aliphatic heterocycles. The van der Waals surface area contributed by atoms with Crippen LogP contribution in [0.25, 0.3) is 11.3 Å². The Bertz CT molecular complexity index is 963. The molecule has 0 aliphatic carbocycles. The average molecular weight is 384 g/mol. The van der Waals surface area contributed by atoms with E-state index in [1.807, 2.05) is 6.92 Å². The summed E-state index contributed by atoms with van der Waals surface area (Å²) in [6.07, 6.45) is 1.85. The number of H-pyrrole nitrogens is 1. The third kappa shape index (κ3) is 3.89. The number of rotatable bonds is 5. The number of ether oxygens (including phenoxy) is 2. The summed E-state index contributed by atoms with van der Waals surface area (Å²) in [5, 5.41) is 10.3. The fraction of sp³-hybridized carbons (Fsp3) is 0.316. The second-order valence-corrected chi connectivity index (χ2v) is 6.51. The number of aromatic amines is 1. The molecule has 3 heterocycles. The van der Waals surface area contributed by atoms with E-state index in [1.165, 1.54) is 13.2 Å². The monoisotopic (exact) mass is 384 g/mol. The van der Waals surface area contributed by atoms with Crippen LogP contribution in [-0.4, -0.2) is 53.1 Å². The Kier molecular flexibility index (Phi) is 5.07. The second kappa shape index (κ2) is 7.81. The van der Waals surface area contributed by atoms with Gasteiger partial charge in [0.05, 0.1) is 25.5 Å². The number of hydrogen-bond acceptors (Lipinski definition) is 7. The van der Waals surface area contributed by atoms with E-state index in [4.69, 9.17) is 9.47 Å².